The standard InChI is InChI=1S/C21H17ClN8O3/c1-11-5-15-19(24-7-11)29(2)21(32)14(9-33-15)26-20(31)18-23-8-13(22)17(27-18)12-3-4-30-10-25-28-16(30)6-12/h3-8,10,14H,9H2,1-2H3,(H,26,31)/t14-/m0/s1. The molecule has 0 saturated heterocycles. The van der Waals surface area contributed by atoms with Crippen molar-refractivity contribution in [3.8, 4) is 17.0 Å². The van der Waals surface area contributed by atoms with Gasteiger partial charge in [-0.2, -0.15) is 0 Å². The highest BCUT2D eigenvalue weighted by Crippen LogP contribution is 2.29. The van der Waals surface area contributed by atoms with Crippen molar-refractivity contribution >= 4 is 34.9 Å². The molecule has 33 heavy (non-hydrogen) atoms. The smallest absolute Gasteiger partial charge is 0.289 e. The van der Waals surface area contributed by atoms with Gasteiger partial charge in [0.2, 0.25) is 5.82 Å². The number of carbonyl (C=O) groups is 2. The highest BCUT2D eigenvalue weighted by Gasteiger charge is 2.32. The van der Waals surface area contributed by atoms with Crippen molar-refractivity contribution in [2.45, 2.75) is 13.0 Å². The SMILES string of the molecule is Cc1cnc2c(c1)OC[C@H](NC(=O)c1ncc(Cl)c(-c3ccn4cnnc4c3)n1)C(=O)N2C. The molecule has 2 amide bonds. The Hall–Kier alpha value is -4.12. The van der Waals surface area contributed by atoms with Crippen LogP contribution in [0.15, 0.2) is 43.1 Å². The number of aromatic nitrogens is 6. The second-order valence-electron chi connectivity index (χ2n) is 7.47. The molecule has 0 aromatic carbocycles. The number of amides is 2. The number of aryl methyl sites for hydroxylation is 1. The van der Waals surface area contributed by atoms with Crippen molar-refractivity contribution in [2.75, 3.05) is 18.6 Å². The summed E-state index contributed by atoms with van der Waals surface area (Å²) in [6.07, 6.45) is 6.31. The average molecular weight is 465 g/mol. The van der Waals surface area contributed by atoms with E-state index in [0.29, 0.717) is 28.5 Å². The highest BCUT2D eigenvalue weighted by atomic mass is 35.5. The van der Waals surface area contributed by atoms with Crippen LogP contribution in [0.25, 0.3) is 16.9 Å². The minimum atomic E-state index is -0.952. The molecule has 4 aromatic heterocycles. The van der Waals surface area contributed by atoms with E-state index in [2.05, 4.69) is 30.5 Å². The maximum Gasteiger partial charge on any atom is 0.289 e. The zero-order valence-electron chi connectivity index (χ0n) is 17.6. The Balaban J connectivity index is 1.40. The molecule has 1 atom stereocenters. The number of hydrogen-bond donors (Lipinski definition) is 1. The van der Waals surface area contributed by atoms with E-state index in [0.717, 1.165) is 5.56 Å². The molecule has 11 nitrogen and oxygen atoms in total. The molecule has 0 fully saturated rings. The van der Waals surface area contributed by atoms with Gasteiger partial charge in [0.15, 0.2) is 17.2 Å². The van der Waals surface area contributed by atoms with Gasteiger partial charge in [0.05, 0.1) is 16.9 Å². The third-order valence-electron chi connectivity index (χ3n) is 5.15. The van der Waals surface area contributed by atoms with Crippen molar-refractivity contribution in [1.82, 2.24) is 34.9 Å². The molecular weight excluding hydrogens is 448 g/mol. The van der Waals surface area contributed by atoms with Crippen molar-refractivity contribution in [3.05, 3.63) is 59.5 Å². The molecule has 5 heterocycles. The molecule has 1 aliphatic heterocycles. The summed E-state index contributed by atoms with van der Waals surface area (Å²) < 4.78 is 7.48. The molecule has 1 aliphatic rings. The molecule has 1 N–H and O–H groups in total. The molecule has 0 bridgehead atoms. The normalized spacial score (nSPS) is 15.7. The van der Waals surface area contributed by atoms with E-state index in [1.807, 2.05) is 6.92 Å². The van der Waals surface area contributed by atoms with Crippen molar-refractivity contribution in [2.24, 2.45) is 0 Å². The van der Waals surface area contributed by atoms with Gasteiger partial charge in [0.1, 0.15) is 19.0 Å². The van der Waals surface area contributed by atoms with Crippen LogP contribution in [0.1, 0.15) is 16.2 Å². The predicted molar refractivity (Wildman–Crippen MR) is 118 cm³/mol. The fraction of sp³-hybridized carbons (Fsp3) is 0.190. The molecule has 0 spiro atoms. The lowest BCUT2D eigenvalue weighted by molar-refractivity contribution is -0.120. The van der Waals surface area contributed by atoms with Crippen LogP contribution < -0.4 is 15.0 Å². The van der Waals surface area contributed by atoms with E-state index in [1.54, 1.807) is 48.4 Å². The van der Waals surface area contributed by atoms with E-state index < -0.39 is 11.9 Å². The molecule has 0 unspecified atom stereocenters. The first kappa shape index (κ1) is 20.8. The van der Waals surface area contributed by atoms with E-state index in [4.69, 9.17) is 16.3 Å². The molecule has 5 rings (SSSR count). The van der Waals surface area contributed by atoms with Crippen LogP contribution >= 0.6 is 11.6 Å². The Kier molecular flexibility index (Phi) is 5.09. The first-order chi connectivity index (χ1) is 15.9. The number of anilines is 1. The molecule has 4 aromatic rings. The number of carbonyl (C=O) groups excluding carboxylic acids is 2. The summed E-state index contributed by atoms with van der Waals surface area (Å²) in [4.78, 5) is 39.8. The lowest BCUT2D eigenvalue weighted by Crippen LogP contribution is -2.49. The lowest BCUT2D eigenvalue weighted by Gasteiger charge is -2.19. The number of pyridine rings is 2. The third kappa shape index (κ3) is 3.82. The molecule has 12 heteroatoms. The number of nitrogens with zero attached hydrogens (tertiary/aromatic N) is 7. The summed E-state index contributed by atoms with van der Waals surface area (Å²) in [5.74, 6) is -0.290. The van der Waals surface area contributed by atoms with Gasteiger partial charge in [-0.25, -0.2) is 15.0 Å². The van der Waals surface area contributed by atoms with Crippen LogP contribution in [-0.2, 0) is 4.79 Å². The van der Waals surface area contributed by atoms with Crippen LogP contribution in [0, 0.1) is 6.92 Å². The Morgan fingerprint density at radius 2 is 2.12 bits per heavy atom. The summed E-state index contributed by atoms with van der Waals surface area (Å²) in [5, 5.41) is 10.8. The topological polar surface area (TPSA) is 127 Å². The number of ether oxygens (including phenoxy) is 1. The quantitative estimate of drug-likeness (QED) is 0.485. The maximum absolute atomic E-state index is 12.9. The Labute approximate surface area is 192 Å². The summed E-state index contributed by atoms with van der Waals surface area (Å²) in [5.41, 5.74) is 2.49. The Morgan fingerprint density at radius 3 is 2.97 bits per heavy atom. The van der Waals surface area contributed by atoms with Gasteiger partial charge in [-0.3, -0.25) is 18.9 Å². The first-order valence-electron chi connectivity index (χ1n) is 9.91. The van der Waals surface area contributed by atoms with Crippen molar-refractivity contribution in [3.63, 3.8) is 0 Å². The van der Waals surface area contributed by atoms with Crippen molar-refractivity contribution in [1.29, 1.82) is 0 Å². The molecule has 0 aliphatic carbocycles. The minimum absolute atomic E-state index is 0.0585. The lowest BCUT2D eigenvalue weighted by atomic mass is 10.2. The number of nitrogens with one attached hydrogen (secondary N) is 1. The van der Waals surface area contributed by atoms with Crippen LogP contribution in [0.4, 0.5) is 5.82 Å². The fourth-order valence-corrected chi connectivity index (χ4v) is 3.65. The van der Waals surface area contributed by atoms with Crippen LogP contribution in [0.5, 0.6) is 5.75 Å². The number of halogens is 1. The summed E-state index contributed by atoms with van der Waals surface area (Å²) in [6.45, 7) is 1.82. The van der Waals surface area contributed by atoms with Gasteiger partial charge in [0, 0.05) is 25.0 Å². The second kappa shape index (κ2) is 8.10. The summed E-state index contributed by atoms with van der Waals surface area (Å²) in [7, 11) is 1.58. The van der Waals surface area contributed by atoms with E-state index in [9.17, 15) is 9.59 Å². The zero-order chi connectivity index (χ0) is 23.1. The van der Waals surface area contributed by atoms with E-state index in [1.165, 1.54) is 11.1 Å². The molecular formula is C21H17ClN8O3. The van der Waals surface area contributed by atoms with E-state index in [-0.39, 0.29) is 23.4 Å². The van der Waals surface area contributed by atoms with Gasteiger partial charge < -0.3 is 10.1 Å². The van der Waals surface area contributed by atoms with Crippen LogP contribution in [0.2, 0.25) is 5.02 Å². The van der Waals surface area contributed by atoms with Crippen LogP contribution in [-0.4, -0.2) is 61.1 Å². The minimum Gasteiger partial charge on any atom is -0.487 e. The molecule has 0 radical (unpaired) electrons. The van der Waals surface area contributed by atoms with Gasteiger partial charge in [-0.15, -0.1) is 10.2 Å². The number of rotatable bonds is 3. The van der Waals surface area contributed by atoms with E-state index >= 15 is 0 Å². The van der Waals surface area contributed by atoms with Gasteiger partial charge in [0.25, 0.3) is 11.8 Å². The van der Waals surface area contributed by atoms with Crippen LogP contribution in [0.3, 0.4) is 0 Å². The third-order valence-corrected chi connectivity index (χ3v) is 5.42. The number of fused-ring (bicyclic) bond motifs is 2. The largest absolute Gasteiger partial charge is 0.487 e. The highest BCUT2D eigenvalue weighted by molar-refractivity contribution is 6.33. The zero-order valence-corrected chi connectivity index (χ0v) is 18.3. The summed E-state index contributed by atoms with van der Waals surface area (Å²) in [6, 6.07) is 4.35. The monoisotopic (exact) mass is 464 g/mol. The van der Waals surface area contributed by atoms with Gasteiger partial charge in [-0.1, -0.05) is 11.6 Å². The fourth-order valence-electron chi connectivity index (χ4n) is 3.45. The predicted octanol–water partition coefficient (Wildman–Crippen LogP) is 1.70. The summed E-state index contributed by atoms with van der Waals surface area (Å²) >= 11 is 6.29. The molecule has 0 saturated carbocycles. The number of likely N-dealkylation sites (N-methyl/N-ethyl adjacent to an activating group) is 1. The Bertz CT molecular complexity index is 1410. The van der Waals surface area contributed by atoms with Crippen molar-refractivity contribution < 1.29 is 14.3 Å². The Morgan fingerprint density at radius 1 is 1.27 bits per heavy atom. The molecule has 166 valence electrons. The second-order valence-corrected chi connectivity index (χ2v) is 7.88. The van der Waals surface area contributed by atoms with Gasteiger partial charge >= 0.3 is 0 Å². The number of hydrogen-bond acceptors (Lipinski definition) is 8. The average Bonchev–Trinajstić information content (AvgIpc) is 3.25. The van der Waals surface area contributed by atoms with Gasteiger partial charge in [-0.05, 0) is 30.7 Å². The maximum atomic E-state index is 12.9. The first-order valence-corrected chi connectivity index (χ1v) is 10.3.